The summed E-state index contributed by atoms with van der Waals surface area (Å²) < 4.78 is 12.4. The Kier molecular flexibility index (Phi) is 3.84. The molecule has 1 atom stereocenters. The van der Waals surface area contributed by atoms with Crippen LogP contribution in [0.3, 0.4) is 0 Å². The molecule has 1 unspecified atom stereocenters. The van der Waals surface area contributed by atoms with E-state index in [1.165, 1.54) is 19.0 Å². The monoisotopic (exact) mass is 331 g/mol. The van der Waals surface area contributed by atoms with Crippen LogP contribution in [0.1, 0.15) is 46.4 Å². The van der Waals surface area contributed by atoms with Gasteiger partial charge in [-0.2, -0.15) is 0 Å². The van der Waals surface area contributed by atoms with Gasteiger partial charge in [-0.1, -0.05) is 10.4 Å². The van der Waals surface area contributed by atoms with Crippen LogP contribution in [0, 0.1) is 12.8 Å². The Morgan fingerprint density at radius 1 is 1.46 bits per heavy atom. The first kappa shape index (κ1) is 15.3. The zero-order valence-electron chi connectivity index (χ0n) is 13.9. The molecular formula is C16H21N5O3. The van der Waals surface area contributed by atoms with Crippen LogP contribution in [0.2, 0.25) is 0 Å². The van der Waals surface area contributed by atoms with E-state index in [0.717, 1.165) is 30.3 Å². The summed E-state index contributed by atoms with van der Waals surface area (Å²) in [4.78, 5) is 14.7. The lowest BCUT2D eigenvalue weighted by atomic mass is 10.0. The van der Waals surface area contributed by atoms with Crippen LogP contribution in [0.4, 0.5) is 0 Å². The highest BCUT2D eigenvalue weighted by Gasteiger charge is 2.37. The summed E-state index contributed by atoms with van der Waals surface area (Å²) in [6.45, 7) is 3.68. The molecule has 1 aliphatic carbocycles. The van der Waals surface area contributed by atoms with E-state index >= 15 is 0 Å². The number of carbonyl (C=O) groups excluding carboxylic acids is 1. The molecule has 4 rings (SSSR count). The third kappa shape index (κ3) is 2.60. The van der Waals surface area contributed by atoms with Crippen LogP contribution >= 0.6 is 0 Å². The van der Waals surface area contributed by atoms with Crippen LogP contribution in [0.25, 0.3) is 0 Å². The van der Waals surface area contributed by atoms with E-state index in [2.05, 4.69) is 15.5 Å². The number of aryl methyl sites for hydroxylation is 1. The van der Waals surface area contributed by atoms with Gasteiger partial charge in [0, 0.05) is 26.6 Å². The highest BCUT2D eigenvalue weighted by Crippen LogP contribution is 2.34. The summed E-state index contributed by atoms with van der Waals surface area (Å²) in [6.07, 6.45) is 4.77. The van der Waals surface area contributed by atoms with E-state index < -0.39 is 0 Å². The molecule has 0 radical (unpaired) electrons. The Balaban J connectivity index is 1.63. The van der Waals surface area contributed by atoms with Gasteiger partial charge in [-0.3, -0.25) is 4.79 Å². The summed E-state index contributed by atoms with van der Waals surface area (Å²) >= 11 is 0. The first-order valence-corrected chi connectivity index (χ1v) is 8.32. The minimum absolute atomic E-state index is 0.0989. The lowest BCUT2D eigenvalue weighted by Crippen LogP contribution is -2.42. The van der Waals surface area contributed by atoms with Crippen molar-refractivity contribution >= 4 is 5.91 Å². The van der Waals surface area contributed by atoms with Crippen molar-refractivity contribution in [1.29, 1.82) is 0 Å². The van der Waals surface area contributed by atoms with Crippen LogP contribution < -0.4 is 0 Å². The lowest BCUT2D eigenvalue weighted by Gasteiger charge is -2.34. The topological polar surface area (TPSA) is 86.3 Å². The largest absolute Gasteiger partial charge is 0.382 e. The van der Waals surface area contributed by atoms with E-state index in [0.29, 0.717) is 24.5 Å². The van der Waals surface area contributed by atoms with Gasteiger partial charge in [0.1, 0.15) is 23.1 Å². The third-order valence-electron chi connectivity index (χ3n) is 4.84. The standard InChI is InChI=1S/C16H21N5O3/c1-10-12(7-17-24-10)16(22)20-6-5-13-15(14(20)9-23-2)18-19-21(13)8-11-3-4-11/h7,11,14H,3-6,8-9H2,1-2H3. The van der Waals surface area contributed by atoms with Crippen LogP contribution in [0.5, 0.6) is 0 Å². The molecule has 0 spiro atoms. The fraction of sp³-hybridized carbons (Fsp3) is 0.625. The molecule has 128 valence electrons. The Hall–Kier alpha value is -2.22. The Morgan fingerprint density at radius 3 is 2.96 bits per heavy atom. The first-order valence-electron chi connectivity index (χ1n) is 8.32. The molecule has 1 aliphatic heterocycles. The summed E-state index contributed by atoms with van der Waals surface area (Å²) in [5.74, 6) is 1.16. The maximum atomic E-state index is 12.9. The second-order valence-electron chi connectivity index (χ2n) is 6.56. The van der Waals surface area contributed by atoms with Gasteiger partial charge < -0.3 is 14.2 Å². The predicted octanol–water partition coefficient (Wildman–Crippen LogP) is 1.37. The molecule has 1 saturated carbocycles. The SMILES string of the molecule is COCC1c2nnn(CC3CC3)c2CCN1C(=O)c1cnoc1C. The van der Waals surface area contributed by atoms with Crippen LogP contribution in [-0.4, -0.2) is 51.2 Å². The summed E-state index contributed by atoms with van der Waals surface area (Å²) in [5, 5.41) is 12.4. The zero-order valence-corrected chi connectivity index (χ0v) is 13.9. The molecule has 2 aromatic rings. The molecule has 24 heavy (non-hydrogen) atoms. The molecule has 0 aromatic carbocycles. The lowest BCUT2D eigenvalue weighted by molar-refractivity contribution is 0.0488. The van der Waals surface area contributed by atoms with Gasteiger partial charge in [0.15, 0.2) is 0 Å². The van der Waals surface area contributed by atoms with Gasteiger partial charge >= 0.3 is 0 Å². The third-order valence-corrected chi connectivity index (χ3v) is 4.84. The number of ether oxygens (including phenoxy) is 1. The highest BCUT2D eigenvalue weighted by molar-refractivity contribution is 5.95. The molecule has 8 nitrogen and oxygen atoms in total. The van der Waals surface area contributed by atoms with Gasteiger partial charge in [0.2, 0.25) is 0 Å². The summed E-state index contributed by atoms with van der Waals surface area (Å²) in [6, 6.07) is -0.228. The molecule has 1 amide bonds. The van der Waals surface area contributed by atoms with Gasteiger partial charge in [-0.25, -0.2) is 4.68 Å². The second kappa shape index (κ2) is 6.01. The fourth-order valence-electron chi connectivity index (χ4n) is 3.31. The van der Waals surface area contributed by atoms with Crippen LogP contribution in [-0.2, 0) is 17.7 Å². The fourth-order valence-corrected chi connectivity index (χ4v) is 3.31. The quantitative estimate of drug-likeness (QED) is 0.822. The Labute approximate surface area is 139 Å². The summed E-state index contributed by atoms with van der Waals surface area (Å²) in [7, 11) is 1.64. The number of fused-ring (bicyclic) bond motifs is 1. The second-order valence-corrected chi connectivity index (χ2v) is 6.56. The molecule has 3 heterocycles. The van der Waals surface area contributed by atoms with E-state index in [1.807, 2.05) is 4.68 Å². The first-order chi connectivity index (χ1) is 11.7. The van der Waals surface area contributed by atoms with Gasteiger partial charge in [-0.05, 0) is 25.7 Å². The number of aromatic nitrogens is 4. The number of methoxy groups -OCH3 is 1. The maximum Gasteiger partial charge on any atom is 0.259 e. The van der Waals surface area contributed by atoms with Crippen molar-refractivity contribution < 1.29 is 14.1 Å². The van der Waals surface area contributed by atoms with E-state index in [-0.39, 0.29) is 11.9 Å². The number of amides is 1. The van der Waals surface area contributed by atoms with Gasteiger partial charge in [-0.15, -0.1) is 5.10 Å². The number of hydrogen-bond acceptors (Lipinski definition) is 6. The number of hydrogen-bond donors (Lipinski definition) is 0. The van der Waals surface area contributed by atoms with E-state index in [1.54, 1.807) is 18.9 Å². The van der Waals surface area contributed by atoms with Crippen molar-refractivity contribution in [2.75, 3.05) is 20.3 Å². The van der Waals surface area contributed by atoms with Crippen LogP contribution in [0.15, 0.2) is 10.7 Å². The van der Waals surface area contributed by atoms with Crippen molar-refractivity contribution in [3.8, 4) is 0 Å². The van der Waals surface area contributed by atoms with Crippen molar-refractivity contribution in [3.05, 3.63) is 28.9 Å². The summed E-state index contributed by atoms with van der Waals surface area (Å²) in [5.41, 5.74) is 2.48. The molecule has 2 aromatic heterocycles. The number of nitrogens with zero attached hydrogens (tertiary/aromatic N) is 5. The van der Waals surface area contributed by atoms with Crippen molar-refractivity contribution in [3.63, 3.8) is 0 Å². The Bertz CT molecular complexity index is 749. The number of rotatable bonds is 5. The maximum absolute atomic E-state index is 12.9. The van der Waals surface area contributed by atoms with Gasteiger partial charge in [0.25, 0.3) is 5.91 Å². The van der Waals surface area contributed by atoms with E-state index in [9.17, 15) is 4.79 Å². The average molecular weight is 331 g/mol. The van der Waals surface area contributed by atoms with Crippen molar-refractivity contribution in [2.24, 2.45) is 5.92 Å². The van der Waals surface area contributed by atoms with E-state index in [4.69, 9.17) is 9.26 Å². The number of carbonyl (C=O) groups is 1. The normalized spacial score (nSPS) is 20.2. The molecule has 0 bridgehead atoms. The molecule has 2 aliphatic rings. The molecular weight excluding hydrogens is 310 g/mol. The highest BCUT2D eigenvalue weighted by atomic mass is 16.5. The minimum Gasteiger partial charge on any atom is -0.382 e. The average Bonchev–Trinajstić information content (AvgIpc) is 3.14. The molecule has 0 N–H and O–H groups in total. The Morgan fingerprint density at radius 2 is 2.29 bits per heavy atom. The van der Waals surface area contributed by atoms with Crippen molar-refractivity contribution in [2.45, 2.75) is 38.8 Å². The molecule has 1 fully saturated rings. The minimum atomic E-state index is -0.228. The zero-order chi connectivity index (χ0) is 16.7. The molecule has 8 heteroatoms. The predicted molar refractivity (Wildman–Crippen MR) is 83.3 cm³/mol. The molecule has 0 saturated heterocycles. The van der Waals surface area contributed by atoms with Gasteiger partial charge in [0.05, 0.1) is 18.5 Å². The smallest absolute Gasteiger partial charge is 0.259 e. The van der Waals surface area contributed by atoms with Crippen molar-refractivity contribution in [1.82, 2.24) is 25.1 Å².